The second-order valence-electron chi connectivity index (χ2n) is 5.03. The van der Waals surface area contributed by atoms with Crippen molar-refractivity contribution in [1.82, 2.24) is 4.98 Å². The first kappa shape index (κ1) is 15.9. The Hall–Kier alpha value is -0.490. The second-order valence-corrected chi connectivity index (χ2v) is 6.26. The number of pyridine rings is 1. The lowest BCUT2D eigenvalue weighted by atomic mass is 9.98. The van der Waals surface area contributed by atoms with E-state index < -0.39 is 11.7 Å². The van der Waals surface area contributed by atoms with Crippen LogP contribution in [0.1, 0.15) is 24.8 Å². The first-order chi connectivity index (χ1) is 9.41. The zero-order chi connectivity index (χ0) is 14.8. The summed E-state index contributed by atoms with van der Waals surface area (Å²) in [6, 6.07) is 1.04. The van der Waals surface area contributed by atoms with Gasteiger partial charge >= 0.3 is 6.18 Å². The minimum atomic E-state index is -4.42. The van der Waals surface area contributed by atoms with Crippen molar-refractivity contribution in [3.63, 3.8) is 0 Å². The van der Waals surface area contributed by atoms with Gasteiger partial charge in [-0.05, 0) is 46.7 Å². The number of anilines is 1. The third-order valence-electron chi connectivity index (χ3n) is 3.71. The van der Waals surface area contributed by atoms with Crippen molar-refractivity contribution >= 4 is 33.3 Å². The number of halogens is 5. The van der Waals surface area contributed by atoms with E-state index in [0.717, 1.165) is 25.3 Å². The van der Waals surface area contributed by atoms with Crippen LogP contribution in [0, 0.1) is 11.8 Å². The van der Waals surface area contributed by atoms with Crippen molar-refractivity contribution in [3.8, 4) is 0 Å². The largest absolute Gasteiger partial charge is 0.419 e. The van der Waals surface area contributed by atoms with Gasteiger partial charge in [0, 0.05) is 23.1 Å². The Labute approximate surface area is 129 Å². The molecule has 1 saturated carbocycles. The van der Waals surface area contributed by atoms with Crippen LogP contribution in [0.2, 0.25) is 0 Å². The Morgan fingerprint density at radius 3 is 2.70 bits per heavy atom. The average Bonchev–Trinajstić information content (AvgIpc) is 2.83. The minimum absolute atomic E-state index is 0.110. The summed E-state index contributed by atoms with van der Waals surface area (Å²) in [5, 5.41) is 2.84. The monoisotopic (exact) mass is 370 g/mol. The smallest absolute Gasteiger partial charge is 0.369 e. The van der Waals surface area contributed by atoms with E-state index in [1.807, 2.05) is 0 Å². The van der Waals surface area contributed by atoms with Gasteiger partial charge in [0.25, 0.3) is 0 Å². The predicted octanol–water partition coefficient (Wildman–Crippen LogP) is 4.93. The Kier molecular flexibility index (Phi) is 5.18. The number of nitrogens with one attached hydrogen (secondary N) is 1. The average molecular weight is 372 g/mol. The highest BCUT2D eigenvalue weighted by molar-refractivity contribution is 9.10. The fraction of sp³-hybridized carbons (Fsp3) is 0.615. The Bertz CT molecular complexity index is 467. The molecule has 2 rings (SSSR count). The molecule has 2 unspecified atom stereocenters. The Balaban J connectivity index is 2.09. The third kappa shape index (κ3) is 3.79. The number of nitrogens with zero attached hydrogens (tertiary/aromatic N) is 1. The van der Waals surface area contributed by atoms with Crippen molar-refractivity contribution in [2.75, 3.05) is 17.7 Å². The molecule has 1 N–H and O–H groups in total. The molecule has 0 bridgehead atoms. The molecule has 0 aliphatic heterocycles. The van der Waals surface area contributed by atoms with Crippen LogP contribution in [0.5, 0.6) is 0 Å². The SMILES string of the molecule is FC(F)(F)c1cc(Br)cnc1NCC1CCCC1CCl. The fourth-order valence-corrected chi connectivity index (χ4v) is 3.35. The van der Waals surface area contributed by atoms with Crippen LogP contribution < -0.4 is 5.32 Å². The normalized spacial score (nSPS) is 23.1. The molecule has 7 heteroatoms. The maximum absolute atomic E-state index is 12.9. The maximum atomic E-state index is 12.9. The van der Waals surface area contributed by atoms with Crippen LogP contribution in [0.25, 0.3) is 0 Å². The Morgan fingerprint density at radius 2 is 2.05 bits per heavy atom. The third-order valence-corrected chi connectivity index (χ3v) is 4.54. The summed E-state index contributed by atoms with van der Waals surface area (Å²) >= 11 is 8.90. The summed E-state index contributed by atoms with van der Waals surface area (Å²) in [5.74, 6) is 1.15. The minimum Gasteiger partial charge on any atom is -0.369 e. The number of hydrogen-bond donors (Lipinski definition) is 1. The van der Waals surface area contributed by atoms with Crippen LogP contribution in [0.15, 0.2) is 16.7 Å². The molecule has 0 saturated heterocycles. The number of alkyl halides is 4. The van der Waals surface area contributed by atoms with E-state index in [1.165, 1.54) is 6.20 Å². The summed E-state index contributed by atoms with van der Waals surface area (Å²) in [5.41, 5.74) is -0.743. The van der Waals surface area contributed by atoms with E-state index in [9.17, 15) is 13.2 Å². The first-order valence-electron chi connectivity index (χ1n) is 6.44. The van der Waals surface area contributed by atoms with Gasteiger partial charge in [-0.25, -0.2) is 4.98 Å². The van der Waals surface area contributed by atoms with Gasteiger partial charge in [0.1, 0.15) is 5.82 Å². The summed E-state index contributed by atoms with van der Waals surface area (Å²) in [6.45, 7) is 0.481. The molecule has 1 aromatic heterocycles. The molecule has 1 aliphatic carbocycles. The first-order valence-corrected chi connectivity index (χ1v) is 7.77. The standard InChI is InChI=1S/C13H15BrClF3N2/c14-10-4-11(13(16,17)18)12(20-7-10)19-6-9-3-1-2-8(9)5-15/h4,7-9H,1-3,5-6H2,(H,19,20). The molecule has 2 nitrogen and oxygen atoms in total. The van der Waals surface area contributed by atoms with Crippen LogP contribution >= 0.6 is 27.5 Å². The lowest BCUT2D eigenvalue weighted by Crippen LogP contribution is -2.21. The molecule has 0 spiro atoms. The van der Waals surface area contributed by atoms with Crippen LogP contribution in [0.3, 0.4) is 0 Å². The molecule has 1 fully saturated rings. The van der Waals surface area contributed by atoms with Gasteiger partial charge < -0.3 is 5.32 Å². The van der Waals surface area contributed by atoms with E-state index in [2.05, 4.69) is 26.2 Å². The zero-order valence-corrected chi connectivity index (χ0v) is 13.0. The van der Waals surface area contributed by atoms with Crippen molar-refractivity contribution in [2.45, 2.75) is 25.4 Å². The predicted molar refractivity (Wildman–Crippen MR) is 77.0 cm³/mol. The van der Waals surface area contributed by atoms with E-state index >= 15 is 0 Å². The number of hydrogen-bond acceptors (Lipinski definition) is 2. The molecular weight excluding hydrogens is 357 g/mol. The van der Waals surface area contributed by atoms with Crippen LogP contribution in [-0.4, -0.2) is 17.4 Å². The second kappa shape index (κ2) is 6.52. The summed E-state index contributed by atoms with van der Waals surface area (Å²) in [4.78, 5) is 3.85. The fourth-order valence-electron chi connectivity index (χ4n) is 2.61. The van der Waals surface area contributed by atoms with Gasteiger partial charge in [0.05, 0.1) is 5.56 Å². The molecular formula is C13H15BrClF3N2. The van der Waals surface area contributed by atoms with Crippen molar-refractivity contribution < 1.29 is 13.2 Å². The molecule has 2 atom stereocenters. The number of rotatable bonds is 4. The van der Waals surface area contributed by atoms with Gasteiger partial charge in [0.15, 0.2) is 0 Å². The summed E-state index contributed by atoms with van der Waals surface area (Å²) < 4.78 is 39.2. The van der Waals surface area contributed by atoms with E-state index in [4.69, 9.17) is 11.6 Å². The quantitative estimate of drug-likeness (QED) is 0.759. The molecule has 20 heavy (non-hydrogen) atoms. The topological polar surface area (TPSA) is 24.9 Å². The molecule has 0 radical (unpaired) electrons. The highest BCUT2D eigenvalue weighted by atomic mass is 79.9. The lowest BCUT2D eigenvalue weighted by molar-refractivity contribution is -0.137. The molecule has 112 valence electrons. The van der Waals surface area contributed by atoms with Gasteiger partial charge in [0.2, 0.25) is 0 Å². The molecule has 1 heterocycles. The van der Waals surface area contributed by atoms with Gasteiger partial charge in [-0.3, -0.25) is 0 Å². The molecule has 1 aromatic rings. The van der Waals surface area contributed by atoms with Gasteiger partial charge in [-0.1, -0.05) is 6.42 Å². The van der Waals surface area contributed by atoms with E-state index in [1.54, 1.807) is 0 Å². The lowest BCUT2D eigenvalue weighted by Gasteiger charge is -2.20. The van der Waals surface area contributed by atoms with Crippen molar-refractivity contribution in [2.24, 2.45) is 11.8 Å². The number of aromatic nitrogens is 1. The molecule has 0 amide bonds. The molecule has 1 aliphatic rings. The van der Waals surface area contributed by atoms with Crippen LogP contribution in [-0.2, 0) is 6.18 Å². The summed E-state index contributed by atoms with van der Waals surface area (Å²) in [6.07, 6.45) is 0.0908. The van der Waals surface area contributed by atoms with E-state index in [-0.39, 0.29) is 5.82 Å². The van der Waals surface area contributed by atoms with Gasteiger partial charge in [-0.2, -0.15) is 13.2 Å². The van der Waals surface area contributed by atoms with Gasteiger partial charge in [-0.15, -0.1) is 11.6 Å². The van der Waals surface area contributed by atoms with E-state index in [0.29, 0.717) is 28.7 Å². The van der Waals surface area contributed by atoms with Crippen molar-refractivity contribution in [3.05, 3.63) is 22.3 Å². The molecule has 0 aromatic carbocycles. The maximum Gasteiger partial charge on any atom is 0.419 e. The Morgan fingerprint density at radius 1 is 1.35 bits per heavy atom. The highest BCUT2D eigenvalue weighted by Gasteiger charge is 2.35. The zero-order valence-electron chi connectivity index (χ0n) is 10.7. The van der Waals surface area contributed by atoms with Crippen LogP contribution in [0.4, 0.5) is 19.0 Å². The summed E-state index contributed by atoms with van der Waals surface area (Å²) in [7, 11) is 0. The highest BCUT2D eigenvalue weighted by Crippen LogP contribution is 2.37. The van der Waals surface area contributed by atoms with Crippen molar-refractivity contribution in [1.29, 1.82) is 0 Å².